The molecule has 1 unspecified atom stereocenters. The van der Waals surface area contributed by atoms with E-state index < -0.39 is 0 Å². The average molecular weight is 642 g/mol. The predicted molar refractivity (Wildman–Crippen MR) is 207 cm³/mol. The smallest absolute Gasteiger partial charge is 0.211 e. The van der Waals surface area contributed by atoms with Crippen LogP contribution in [0.1, 0.15) is 17.3 Å². The molecule has 0 saturated heterocycles. The van der Waals surface area contributed by atoms with E-state index in [2.05, 4.69) is 166 Å². The van der Waals surface area contributed by atoms with E-state index in [-0.39, 0.29) is 6.17 Å². The molecule has 3 heterocycles. The normalized spacial score (nSPS) is 14.6. The zero-order chi connectivity index (χ0) is 33.0. The predicted octanol–water partition coefficient (Wildman–Crippen LogP) is 10.5. The lowest BCUT2D eigenvalue weighted by Crippen LogP contribution is -2.37. The number of hydrogen-bond donors (Lipinski definition) is 1. The molecule has 236 valence electrons. The first-order valence-corrected chi connectivity index (χ1v) is 17.0. The van der Waals surface area contributed by atoms with Crippen LogP contribution in [0, 0.1) is 0 Å². The van der Waals surface area contributed by atoms with E-state index in [0.29, 0.717) is 5.84 Å². The molecule has 1 N–H and O–H groups in total. The Morgan fingerprint density at radius 2 is 1.08 bits per heavy atom. The minimum atomic E-state index is -0.289. The monoisotopic (exact) mass is 641 g/mol. The fraction of sp³-hybridized carbons (Fsp3) is 0.0222. The van der Waals surface area contributed by atoms with Gasteiger partial charge in [0.15, 0.2) is 5.84 Å². The molecule has 0 fully saturated rings. The standard InChI is InChI=1S/C45H31N5/c1-4-15-30(16-5-1)43-46-44(31-17-6-2-7-18-31)48-45(47-43)50-39-25-13-11-22-36(39)42-34(23-14-26-41(42)50)32-27-28-40-37(29-32)35-21-10-12-24-38(35)49(40)33-19-8-3-9-20-33/h1-29,43H,(H,46,47,48). The maximum absolute atomic E-state index is 5.20. The summed E-state index contributed by atoms with van der Waals surface area (Å²) in [5.41, 5.74) is 10.1. The highest BCUT2D eigenvalue weighted by atomic mass is 15.3. The largest absolute Gasteiger partial charge is 0.330 e. The number of para-hydroxylation sites is 3. The second-order valence-corrected chi connectivity index (χ2v) is 12.7. The minimum absolute atomic E-state index is 0.289. The van der Waals surface area contributed by atoms with E-state index >= 15 is 0 Å². The number of fused-ring (bicyclic) bond motifs is 6. The highest BCUT2D eigenvalue weighted by Crippen LogP contribution is 2.40. The molecular formula is C45H31N5. The number of nitrogens with zero attached hydrogens (tertiary/aromatic N) is 4. The van der Waals surface area contributed by atoms with Gasteiger partial charge in [-0.3, -0.25) is 4.57 Å². The van der Waals surface area contributed by atoms with Gasteiger partial charge in [-0.2, -0.15) is 4.99 Å². The van der Waals surface area contributed by atoms with Crippen LogP contribution in [0.4, 0.5) is 0 Å². The van der Waals surface area contributed by atoms with Crippen LogP contribution in [0.2, 0.25) is 0 Å². The van der Waals surface area contributed by atoms with Gasteiger partial charge in [-0.05, 0) is 59.2 Å². The lowest BCUT2D eigenvalue weighted by molar-refractivity contribution is 0.661. The van der Waals surface area contributed by atoms with E-state index in [1.165, 1.54) is 43.7 Å². The van der Waals surface area contributed by atoms with Crippen LogP contribution in [0.5, 0.6) is 0 Å². The molecular weight excluding hydrogens is 611 g/mol. The molecule has 1 aliphatic heterocycles. The van der Waals surface area contributed by atoms with Crippen LogP contribution in [0.3, 0.4) is 0 Å². The fourth-order valence-electron chi connectivity index (χ4n) is 7.56. The zero-order valence-electron chi connectivity index (χ0n) is 27.1. The van der Waals surface area contributed by atoms with E-state index in [9.17, 15) is 0 Å². The summed E-state index contributed by atoms with van der Waals surface area (Å²) in [7, 11) is 0. The number of amidine groups is 1. The Balaban J connectivity index is 1.19. The number of nitrogens with one attached hydrogen (secondary N) is 1. The first-order valence-electron chi connectivity index (χ1n) is 17.0. The van der Waals surface area contributed by atoms with Crippen LogP contribution < -0.4 is 5.32 Å². The number of hydrogen-bond acceptors (Lipinski definition) is 3. The summed E-state index contributed by atoms with van der Waals surface area (Å²) in [6, 6.07) is 62.1. The molecule has 0 bridgehead atoms. The lowest BCUT2D eigenvalue weighted by Gasteiger charge is -2.24. The molecule has 1 aliphatic rings. The third-order valence-electron chi connectivity index (χ3n) is 9.78. The Labute approximate surface area is 289 Å². The summed E-state index contributed by atoms with van der Waals surface area (Å²) in [6.45, 7) is 0. The number of aromatic nitrogens is 2. The van der Waals surface area contributed by atoms with Crippen LogP contribution >= 0.6 is 0 Å². The van der Waals surface area contributed by atoms with Gasteiger partial charge in [0.1, 0.15) is 6.17 Å². The summed E-state index contributed by atoms with van der Waals surface area (Å²) in [5, 5.41) is 8.54. The van der Waals surface area contributed by atoms with Crippen molar-refractivity contribution in [1.29, 1.82) is 0 Å². The van der Waals surface area contributed by atoms with Gasteiger partial charge < -0.3 is 9.88 Å². The summed E-state index contributed by atoms with van der Waals surface area (Å²) in [6.07, 6.45) is -0.289. The quantitative estimate of drug-likeness (QED) is 0.204. The second kappa shape index (κ2) is 11.5. The van der Waals surface area contributed by atoms with Gasteiger partial charge in [0.25, 0.3) is 0 Å². The van der Waals surface area contributed by atoms with Gasteiger partial charge in [0.05, 0.1) is 22.1 Å². The van der Waals surface area contributed by atoms with Crippen LogP contribution in [0.25, 0.3) is 60.4 Å². The third-order valence-corrected chi connectivity index (χ3v) is 9.78. The van der Waals surface area contributed by atoms with E-state index in [1.807, 2.05) is 24.3 Å². The van der Waals surface area contributed by atoms with Crippen LogP contribution in [-0.4, -0.2) is 20.9 Å². The van der Waals surface area contributed by atoms with Gasteiger partial charge in [-0.25, -0.2) is 4.99 Å². The van der Waals surface area contributed by atoms with Gasteiger partial charge in [-0.1, -0.05) is 133 Å². The van der Waals surface area contributed by atoms with Crippen molar-refractivity contribution < 1.29 is 0 Å². The molecule has 7 aromatic carbocycles. The molecule has 0 radical (unpaired) electrons. The molecule has 0 saturated carbocycles. The number of rotatable bonds is 4. The van der Waals surface area contributed by atoms with Crippen molar-refractivity contribution in [1.82, 2.24) is 14.5 Å². The summed E-state index contributed by atoms with van der Waals surface area (Å²) >= 11 is 0. The molecule has 2 aromatic heterocycles. The first kappa shape index (κ1) is 28.3. The van der Waals surface area contributed by atoms with E-state index in [4.69, 9.17) is 9.98 Å². The zero-order valence-corrected chi connectivity index (χ0v) is 27.1. The highest BCUT2D eigenvalue weighted by Gasteiger charge is 2.25. The van der Waals surface area contributed by atoms with E-state index in [0.717, 1.165) is 33.8 Å². The molecule has 1 atom stereocenters. The summed E-state index contributed by atoms with van der Waals surface area (Å²) < 4.78 is 4.63. The van der Waals surface area contributed by atoms with Crippen molar-refractivity contribution in [3.8, 4) is 16.8 Å². The van der Waals surface area contributed by atoms with Crippen molar-refractivity contribution in [3.05, 3.63) is 187 Å². The van der Waals surface area contributed by atoms with Gasteiger partial charge in [-0.15, -0.1) is 0 Å². The molecule has 10 rings (SSSR count). The van der Waals surface area contributed by atoms with Gasteiger partial charge in [0, 0.05) is 32.8 Å². The Bertz CT molecular complexity index is 2770. The minimum Gasteiger partial charge on any atom is -0.330 e. The van der Waals surface area contributed by atoms with E-state index in [1.54, 1.807) is 0 Å². The van der Waals surface area contributed by atoms with Gasteiger partial charge in [0.2, 0.25) is 5.96 Å². The molecule has 5 heteroatoms. The molecule has 5 nitrogen and oxygen atoms in total. The van der Waals surface area contributed by atoms with Crippen molar-refractivity contribution in [2.45, 2.75) is 6.17 Å². The Morgan fingerprint density at radius 1 is 0.460 bits per heavy atom. The van der Waals surface area contributed by atoms with Crippen molar-refractivity contribution >= 4 is 55.4 Å². The van der Waals surface area contributed by atoms with Crippen LogP contribution in [0.15, 0.2) is 186 Å². The summed E-state index contributed by atoms with van der Waals surface area (Å²) in [5.74, 6) is 1.45. The third kappa shape index (κ3) is 4.48. The summed E-state index contributed by atoms with van der Waals surface area (Å²) in [4.78, 5) is 10.3. The average Bonchev–Trinajstić information content (AvgIpc) is 3.71. The lowest BCUT2D eigenvalue weighted by atomic mass is 9.98. The topological polar surface area (TPSA) is 46.6 Å². The SMILES string of the molecule is c1ccc(C2=NC(c3ccccc3)NC(n3c4ccccc4c4c(-c5ccc6c(c5)c5ccccc5n6-c5ccccc5)cccc43)=N2)cc1. The Morgan fingerprint density at radius 3 is 1.86 bits per heavy atom. The number of aliphatic imine (C=N–C) groups is 2. The maximum atomic E-state index is 5.20. The van der Waals surface area contributed by atoms with Crippen molar-refractivity contribution in [2.75, 3.05) is 0 Å². The van der Waals surface area contributed by atoms with Gasteiger partial charge >= 0.3 is 0 Å². The molecule has 0 spiro atoms. The molecule has 0 amide bonds. The molecule has 9 aromatic rings. The van der Waals surface area contributed by atoms with Crippen molar-refractivity contribution in [2.24, 2.45) is 9.98 Å². The first-order chi connectivity index (χ1) is 24.8. The highest BCUT2D eigenvalue weighted by molar-refractivity contribution is 6.21. The second-order valence-electron chi connectivity index (χ2n) is 12.7. The number of benzene rings is 7. The Hall–Kier alpha value is -6.72. The molecule has 0 aliphatic carbocycles. The van der Waals surface area contributed by atoms with Crippen molar-refractivity contribution in [3.63, 3.8) is 0 Å². The molecule has 50 heavy (non-hydrogen) atoms. The van der Waals surface area contributed by atoms with Crippen LogP contribution in [-0.2, 0) is 0 Å². The fourth-order valence-corrected chi connectivity index (χ4v) is 7.56. The Kier molecular flexibility index (Phi) is 6.49. The maximum Gasteiger partial charge on any atom is 0.211 e.